The van der Waals surface area contributed by atoms with Gasteiger partial charge in [0.2, 0.25) is 0 Å². The summed E-state index contributed by atoms with van der Waals surface area (Å²) in [4.78, 5) is 10.7. The first-order chi connectivity index (χ1) is 6.02. The third kappa shape index (κ3) is 2.19. The summed E-state index contributed by atoms with van der Waals surface area (Å²) < 4.78 is 4.79. The topological polar surface area (TPSA) is 86.5 Å². The first-order valence-electron chi connectivity index (χ1n) is 4.07. The molecule has 13 heavy (non-hydrogen) atoms. The number of aromatic nitrogens is 1. The Labute approximate surface area is 75.0 Å². The smallest absolute Gasteiger partial charge is 0.280 e. The Morgan fingerprint density at radius 3 is 2.38 bits per heavy atom. The minimum Gasteiger partial charge on any atom is -0.383 e. The van der Waals surface area contributed by atoms with E-state index in [4.69, 9.17) is 14.7 Å². The van der Waals surface area contributed by atoms with E-state index < -0.39 is 12.2 Å². The van der Waals surface area contributed by atoms with Gasteiger partial charge in [-0.1, -0.05) is 13.8 Å². The molecule has 5 nitrogen and oxygen atoms in total. The van der Waals surface area contributed by atoms with Crippen LogP contribution in [0.25, 0.3) is 0 Å². The van der Waals surface area contributed by atoms with Gasteiger partial charge in [0.15, 0.2) is 6.29 Å². The Morgan fingerprint density at radius 1 is 1.46 bits per heavy atom. The lowest BCUT2D eigenvalue weighted by Crippen LogP contribution is -2.22. The lowest BCUT2D eigenvalue weighted by molar-refractivity contribution is -0.0757. The van der Waals surface area contributed by atoms with Crippen LogP contribution in [-0.2, 0) is 0 Å². The molecule has 0 bridgehead atoms. The SMILES string of the molecule is CC(C)C(c1cc(=O)[nH]o1)C(O)O. The van der Waals surface area contributed by atoms with Gasteiger partial charge in [-0.15, -0.1) is 0 Å². The van der Waals surface area contributed by atoms with Crippen molar-refractivity contribution in [3.63, 3.8) is 0 Å². The Kier molecular flexibility index (Phi) is 2.90. The Balaban J connectivity index is 2.95. The van der Waals surface area contributed by atoms with Crippen LogP contribution in [0, 0.1) is 5.92 Å². The predicted molar refractivity (Wildman–Crippen MR) is 45.1 cm³/mol. The summed E-state index contributed by atoms with van der Waals surface area (Å²) >= 11 is 0. The molecule has 74 valence electrons. The van der Waals surface area contributed by atoms with E-state index in [1.165, 1.54) is 6.07 Å². The van der Waals surface area contributed by atoms with Crippen LogP contribution in [0.2, 0.25) is 0 Å². The van der Waals surface area contributed by atoms with Crippen molar-refractivity contribution in [2.75, 3.05) is 0 Å². The molecule has 1 unspecified atom stereocenters. The number of aromatic amines is 1. The number of nitrogens with one attached hydrogen (secondary N) is 1. The quantitative estimate of drug-likeness (QED) is 0.582. The highest BCUT2D eigenvalue weighted by Crippen LogP contribution is 2.25. The van der Waals surface area contributed by atoms with Crippen molar-refractivity contribution >= 4 is 0 Å². The standard InChI is InChI=1S/C8H13NO4/c1-4(2)7(8(11)12)5-3-6(10)9-13-5/h3-4,7-8,11-12H,1-2H3,(H,9,10). The van der Waals surface area contributed by atoms with Gasteiger partial charge in [-0.25, -0.2) is 0 Å². The highest BCUT2D eigenvalue weighted by atomic mass is 16.5. The number of hydrogen-bond donors (Lipinski definition) is 3. The molecule has 3 N–H and O–H groups in total. The molecule has 0 saturated carbocycles. The zero-order chi connectivity index (χ0) is 10.0. The normalized spacial score (nSPS) is 14.0. The number of aliphatic hydroxyl groups is 2. The zero-order valence-corrected chi connectivity index (χ0v) is 7.52. The monoisotopic (exact) mass is 187 g/mol. The summed E-state index contributed by atoms with van der Waals surface area (Å²) in [6.07, 6.45) is -1.51. The van der Waals surface area contributed by atoms with Gasteiger partial charge >= 0.3 is 0 Å². The Morgan fingerprint density at radius 2 is 2.08 bits per heavy atom. The molecule has 1 heterocycles. The molecule has 0 fully saturated rings. The summed E-state index contributed by atoms with van der Waals surface area (Å²) in [5.74, 6) is -0.312. The molecule has 0 aromatic carbocycles. The van der Waals surface area contributed by atoms with E-state index >= 15 is 0 Å². The van der Waals surface area contributed by atoms with Crippen LogP contribution in [0.5, 0.6) is 0 Å². The maximum atomic E-state index is 10.7. The largest absolute Gasteiger partial charge is 0.383 e. The molecule has 0 aliphatic heterocycles. The van der Waals surface area contributed by atoms with Crippen LogP contribution in [-0.4, -0.2) is 21.7 Å². The van der Waals surface area contributed by atoms with E-state index in [2.05, 4.69) is 5.16 Å². The summed E-state index contributed by atoms with van der Waals surface area (Å²) in [6.45, 7) is 3.63. The van der Waals surface area contributed by atoms with Gasteiger partial charge in [-0.3, -0.25) is 4.79 Å². The maximum absolute atomic E-state index is 10.7. The summed E-state index contributed by atoms with van der Waals surface area (Å²) in [5, 5.41) is 20.2. The zero-order valence-electron chi connectivity index (χ0n) is 7.52. The summed E-state index contributed by atoms with van der Waals surface area (Å²) in [5.41, 5.74) is -0.374. The lowest BCUT2D eigenvalue weighted by Gasteiger charge is -2.19. The van der Waals surface area contributed by atoms with Gasteiger partial charge in [0.1, 0.15) is 5.76 Å². The van der Waals surface area contributed by atoms with E-state index in [0.29, 0.717) is 0 Å². The second kappa shape index (κ2) is 3.76. The molecule has 0 radical (unpaired) electrons. The fourth-order valence-corrected chi connectivity index (χ4v) is 1.28. The van der Waals surface area contributed by atoms with Crippen LogP contribution >= 0.6 is 0 Å². The van der Waals surface area contributed by atoms with E-state index in [9.17, 15) is 4.79 Å². The van der Waals surface area contributed by atoms with Crippen molar-refractivity contribution in [1.82, 2.24) is 5.16 Å². The maximum Gasteiger partial charge on any atom is 0.280 e. The van der Waals surface area contributed by atoms with E-state index in [0.717, 1.165) is 0 Å². The third-order valence-corrected chi connectivity index (χ3v) is 1.91. The molecule has 5 heteroatoms. The fourth-order valence-electron chi connectivity index (χ4n) is 1.28. The molecule has 0 aliphatic rings. The van der Waals surface area contributed by atoms with Gasteiger partial charge in [0, 0.05) is 6.07 Å². The number of hydrogen-bond acceptors (Lipinski definition) is 4. The van der Waals surface area contributed by atoms with Crippen molar-refractivity contribution in [3.8, 4) is 0 Å². The van der Waals surface area contributed by atoms with Crippen molar-refractivity contribution in [2.24, 2.45) is 5.92 Å². The average Bonchev–Trinajstić information content (AvgIpc) is 2.34. The molecule has 1 aromatic rings. The first kappa shape index (κ1) is 10.0. The number of H-pyrrole nitrogens is 1. The first-order valence-corrected chi connectivity index (χ1v) is 4.07. The van der Waals surface area contributed by atoms with Gasteiger partial charge in [-0.2, -0.15) is 5.16 Å². The number of aliphatic hydroxyl groups excluding tert-OH is 1. The van der Waals surface area contributed by atoms with Crippen LogP contribution in [0.4, 0.5) is 0 Å². The minimum absolute atomic E-state index is 0.0149. The van der Waals surface area contributed by atoms with Crippen LogP contribution in [0.15, 0.2) is 15.4 Å². The molecule has 1 aromatic heterocycles. The Bertz CT molecular complexity index is 304. The van der Waals surface area contributed by atoms with E-state index in [1.807, 2.05) is 13.8 Å². The van der Waals surface area contributed by atoms with E-state index in [-0.39, 0.29) is 17.2 Å². The molecule has 1 atom stereocenters. The van der Waals surface area contributed by atoms with Crippen molar-refractivity contribution in [2.45, 2.75) is 26.1 Å². The van der Waals surface area contributed by atoms with Crippen molar-refractivity contribution in [1.29, 1.82) is 0 Å². The minimum atomic E-state index is -1.51. The summed E-state index contributed by atoms with van der Waals surface area (Å²) in [7, 11) is 0. The molecule has 0 saturated heterocycles. The van der Waals surface area contributed by atoms with Gasteiger partial charge in [0.25, 0.3) is 5.56 Å². The lowest BCUT2D eigenvalue weighted by atomic mass is 9.93. The van der Waals surface area contributed by atoms with E-state index in [1.54, 1.807) is 0 Å². The molecular weight excluding hydrogens is 174 g/mol. The molecule has 0 aliphatic carbocycles. The van der Waals surface area contributed by atoms with Crippen molar-refractivity contribution in [3.05, 3.63) is 22.2 Å². The highest BCUT2D eigenvalue weighted by Gasteiger charge is 2.26. The third-order valence-electron chi connectivity index (χ3n) is 1.91. The molecule has 0 spiro atoms. The highest BCUT2D eigenvalue weighted by molar-refractivity contribution is 5.04. The second-order valence-corrected chi connectivity index (χ2v) is 3.30. The Hall–Kier alpha value is -1.07. The van der Waals surface area contributed by atoms with Crippen molar-refractivity contribution < 1.29 is 14.7 Å². The van der Waals surface area contributed by atoms with Crippen LogP contribution in [0.3, 0.4) is 0 Å². The van der Waals surface area contributed by atoms with Crippen LogP contribution in [0.1, 0.15) is 25.5 Å². The average molecular weight is 187 g/mol. The predicted octanol–water partition coefficient (Wildman–Crippen LogP) is 0.0182. The molecule has 0 amide bonds. The second-order valence-electron chi connectivity index (χ2n) is 3.30. The molecule has 1 rings (SSSR count). The van der Waals surface area contributed by atoms with Gasteiger partial charge in [-0.05, 0) is 5.92 Å². The van der Waals surface area contributed by atoms with Crippen LogP contribution < -0.4 is 5.56 Å². The summed E-state index contributed by atoms with van der Waals surface area (Å²) in [6, 6.07) is 1.23. The molecular formula is C8H13NO4. The van der Waals surface area contributed by atoms with Gasteiger partial charge in [0.05, 0.1) is 5.92 Å². The van der Waals surface area contributed by atoms with Gasteiger partial charge < -0.3 is 14.7 Å². The fraction of sp³-hybridized carbons (Fsp3) is 0.625. The number of rotatable bonds is 3.